The molecule has 0 spiro atoms. The zero-order chi connectivity index (χ0) is 15.9. The lowest BCUT2D eigenvalue weighted by Gasteiger charge is -2.09. The number of anilines is 2. The van der Waals surface area contributed by atoms with Gasteiger partial charge in [0.05, 0.1) is 21.8 Å². The second-order valence-corrected chi connectivity index (χ2v) is 6.32. The van der Waals surface area contributed by atoms with Gasteiger partial charge in [-0.05, 0) is 25.1 Å². The molecule has 114 valence electrons. The van der Waals surface area contributed by atoms with Crippen molar-refractivity contribution >= 4 is 44.8 Å². The predicted molar refractivity (Wildman–Crippen MR) is 84.2 cm³/mol. The lowest BCUT2D eigenvalue weighted by molar-refractivity contribution is 0.0215. The molecule has 0 amide bonds. The van der Waals surface area contributed by atoms with E-state index in [9.17, 15) is 8.78 Å². The van der Waals surface area contributed by atoms with Gasteiger partial charge in [-0.2, -0.15) is 0 Å². The molecule has 3 aromatic heterocycles. The van der Waals surface area contributed by atoms with E-state index < -0.39 is 5.92 Å². The highest BCUT2D eigenvalue weighted by Crippen LogP contribution is 2.37. The minimum absolute atomic E-state index is 0.000729. The van der Waals surface area contributed by atoms with Gasteiger partial charge in [0.1, 0.15) is 10.7 Å². The number of aryl methyl sites for hydroxylation is 1. The summed E-state index contributed by atoms with van der Waals surface area (Å²) >= 11 is 6.82. The van der Waals surface area contributed by atoms with E-state index in [1.165, 1.54) is 12.3 Å². The average Bonchev–Trinajstić information content (AvgIpc) is 2.86. The highest BCUT2D eigenvalue weighted by Gasteiger charge is 2.26. The monoisotopic (exact) mass is 340 g/mol. The van der Waals surface area contributed by atoms with E-state index in [0.29, 0.717) is 21.9 Å². The fourth-order valence-electron chi connectivity index (χ4n) is 1.97. The number of aromatic nitrogens is 3. The first-order chi connectivity index (χ1) is 10.3. The Kier molecular flexibility index (Phi) is 3.70. The molecule has 3 rings (SSSR count). The number of hydrogen-bond acceptors (Lipinski definition) is 5. The van der Waals surface area contributed by atoms with Gasteiger partial charge < -0.3 is 5.32 Å². The summed E-state index contributed by atoms with van der Waals surface area (Å²) in [6.07, 6.45) is 1.42. The normalized spacial score (nSPS) is 11.9. The maximum atomic E-state index is 13.3. The van der Waals surface area contributed by atoms with Gasteiger partial charge in [0.25, 0.3) is 5.92 Å². The molecule has 22 heavy (non-hydrogen) atoms. The molecule has 0 aliphatic heterocycles. The molecule has 0 radical (unpaired) electrons. The van der Waals surface area contributed by atoms with E-state index in [4.69, 9.17) is 11.6 Å². The first-order valence-electron chi connectivity index (χ1n) is 6.38. The van der Waals surface area contributed by atoms with Crippen molar-refractivity contribution in [1.82, 2.24) is 15.0 Å². The third-order valence-electron chi connectivity index (χ3n) is 2.91. The van der Waals surface area contributed by atoms with Crippen molar-refractivity contribution < 1.29 is 8.78 Å². The number of hydrogen-bond donors (Lipinski definition) is 1. The predicted octanol–water partition coefficient (Wildman–Crippen LogP) is 4.90. The minimum Gasteiger partial charge on any atom is -0.345 e. The fraction of sp³-hybridized carbons (Fsp3) is 0.214. The van der Waals surface area contributed by atoms with E-state index in [-0.39, 0.29) is 10.0 Å². The number of thiophene rings is 1. The van der Waals surface area contributed by atoms with Crippen molar-refractivity contribution in [1.29, 1.82) is 0 Å². The number of alkyl halides is 2. The first-order valence-corrected chi connectivity index (χ1v) is 7.57. The van der Waals surface area contributed by atoms with Crippen LogP contribution in [0.1, 0.15) is 17.5 Å². The maximum Gasteiger partial charge on any atom is 0.279 e. The molecule has 1 N–H and O–H groups in total. The number of halogens is 3. The Balaban J connectivity index is 2.02. The van der Waals surface area contributed by atoms with Crippen molar-refractivity contribution in [3.63, 3.8) is 0 Å². The van der Waals surface area contributed by atoms with Gasteiger partial charge in [-0.15, -0.1) is 11.3 Å². The molecule has 3 aromatic rings. The third kappa shape index (κ3) is 3.00. The summed E-state index contributed by atoms with van der Waals surface area (Å²) in [5.74, 6) is -2.85. The Morgan fingerprint density at radius 2 is 2.05 bits per heavy atom. The van der Waals surface area contributed by atoms with Crippen LogP contribution in [0.4, 0.5) is 19.5 Å². The highest BCUT2D eigenvalue weighted by atomic mass is 35.5. The number of nitrogens with one attached hydrogen (secondary N) is 1. The van der Waals surface area contributed by atoms with Crippen LogP contribution in [0.25, 0.3) is 11.2 Å². The van der Waals surface area contributed by atoms with Gasteiger partial charge >= 0.3 is 0 Å². The summed E-state index contributed by atoms with van der Waals surface area (Å²) < 4.78 is 26.6. The Labute approximate surface area is 134 Å². The number of fused-ring (bicyclic) bond motifs is 1. The van der Waals surface area contributed by atoms with Crippen molar-refractivity contribution in [2.24, 2.45) is 0 Å². The molecule has 3 heterocycles. The smallest absolute Gasteiger partial charge is 0.279 e. The maximum absolute atomic E-state index is 13.3. The second-order valence-electron chi connectivity index (χ2n) is 4.85. The van der Waals surface area contributed by atoms with Crippen LogP contribution in [-0.2, 0) is 5.92 Å². The van der Waals surface area contributed by atoms with Gasteiger partial charge in [-0.3, -0.25) is 0 Å². The molecule has 0 atom stereocenters. The molecule has 0 fully saturated rings. The first kappa shape index (κ1) is 15.1. The topological polar surface area (TPSA) is 50.7 Å². The molecule has 0 saturated heterocycles. The van der Waals surface area contributed by atoms with Crippen LogP contribution in [0, 0.1) is 6.92 Å². The molecule has 0 unspecified atom stereocenters. The van der Waals surface area contributed by atoms with Crippen molar-refractivity contribution in [3.8, 4) is 0 Å². The third-order valence-corrected chi connectivity index (χ3v) is 4.27. The van der Waals surface area contributed by atoms with Crippen LogP contribution >= 0.6 is 22.9 Å². The Hall–Kier alpha value is -1.86. The Bertz CT molecular complexity index is 839. The minimum atomic E-state index is -2.85. The zero-order valence-corrected chi connectivity index (χ0v) is 13.3. The molecule has 0 saturated carbocycles. The summed E-state index contributed by atoms with van der Waals surface area (Å²) in [7, 11) is 0. The molecule has 8 heteroatoms. The molecular weight excluding hydrogens is 330 g/mol. The molecule has 0 bridgehead atoms. The van der Waals surface area contributed by atoms with Gasteiger partial charge in [0, 0.05) is 12.6 Å². The average molecular weight is 341 g/mol. The van der Waals surface area contributed by atoms with Crippen LogP contribution in [0.2, 0.25) is 5.15 Å². The molecule has 0 aliphatic carbocycles. The van der Waals surface area contributed by atoms with Gasteiger partial charge in [0.15, 0.2) is 5.65 Å². The Morgan fingerprint density at radius 1 is 1.27 bits per heavy atom. The van der Waals surface area contributed by atoms with Gasteiger partial charge in [-0.25, -0.2) is 23.7 Å². The van der Waals surface area contributed by atoms with E-state index in [1.54, 1.807) is 12.1 Å². The fourth-order valence-corrected chi connectivity index (χ4v) is 2.95. The van der Waals surface area contributed by atoms with Gasteiger partial charge in [-0.1, -0.05) is 11.6 Å². The summed E-state index contributed by atoms with van der Waals surface area (Å²) in [6.45, 7) is 2.69. The lowest BCUT2D eigenvalue weighted by Crippen LogP contribution is -2.03. The number of nitrogens with zero attached hydrogens (tertiary/aromatic N) is 3. The Morgan fingerprint density at radius 3 is 2.73 bits per heavy atom. The summed E-state index contributed by atoms with van der Waals surface area (Å²) in [5, 5.41) is 3.95. The molecule has 0 aliphatic rings. The van der Waals surface area contributed by atoms with E-state index in [1.807, 2.05) is 6.92 Å². The van der Waals surface area contributed by atoms with Crippen LogP contribution in [-0.4, -0.2) is 15.0 Å². The summed E-state index contributed by atoms with van der Waals surface area (Å²) in [5.41, 5.74) is 2.32. The summed E-state index contributed by atoms with van der Waals surface area (Å²) in [4.78, 5) is 12.6. The van der Waals surface area contributed by atoms with Gasteiger partial charge in [0.2, 0.25) is 0 Å². The van der Waals surface area contributed by atoms with Crippen molar-refractivity contribution in [2.45, 2.75) is 19.8 Å². The van der Waals surface area contributed by atoms with Crippen LogP contribution in [0.15, 0.2) is 24.4 Å². The van der Waals surface area contributed by atoms with E-state index in [2.05, 4.69) is 20.3 Å². The molecular formula is C14H11ClF2N4S. The molecule has 4 nitrogen and oxygen atoms in total. The van der Waals surface area contributed by atoms with Crippen LogP contribution in [0.3, 0.4) is 0 Å². The van der Waals surface area contributed by atoms with Crippen LogP contribution < -0.4 is 5.32 Å². The largest absolute Gasteiger partial charge is 0.345 e. The number of pyridine rings is 1. The number of rotatable bonds is 3. The SMILES string of the molecule is Cc1cc(Nc2ccc(C(C)(F)F)s2)c2ncc(Cl)nc2n1. The lowest BCUT2D eigenvalue weighted by atomic mass is 10.3. The van der Waals surface area contributed by atoms with Crippen molar-refractivity contribution in [3.05, 3.63) is 40.1 Å². The zero-order valence-electron chi connectivity index (χ0n) is 11.7. The van der Waals surface area contributed by atoms with E-state index >= 15 is 0 Å². The van der Waals surface area contributed by atoms with Crippen molar-refractivity contribution in [2.75, 3.05) is 5.32 Å². The quantitative estimate of drug-likeness (QED) is 0.736. The highest BCUT2D eigenvalue weighted by molar-refractivity contribution is 7.16. The summed E-state index contributed by atoms with van der Waals surface area (Å²) in [6, 6.07) is 4.81. The standard InChI is InChI=1S/C14H11ClF2N4S/c1-7-5-8(12-13(19-7)21-10(15)6-18-12)20-11-4-3-9(22-11)14(2,16)17/h3-6H,1-2H3,(H,19,20,21). The van der Waals surface area contributed by atoms with E-state index in [0.717, 1.165) is 24.0 Å². The second kappa shape index (κ2) is 5.40. The van der Waals surface area contributed by atoms with Crippen LogP contribution in [0.5, 0.6) is 0 Å². The molecule has 0 aromatic carbocycles.